The Labute approximate surface area is 108 Å². The normalized spacial score (nSPS) is 14.9. The van der Waals surface area contributed by atoms with Crippen LogP contribution in [0.25, 0.3) is 0 Å². The Morgan fingerprint density at radius 2 is 1.89 bits per heavy atom. The van der Waals surface area contributed by atoms with Gasteiger partial charge in [-0.25, -0.2) is 0 Å². The number of benzene rings is 1. The summed E-state index contributed by atoms with van der Waals surface area (Å²) in [5.41, 5.74) is 5.82. The lowest BCUT2D eigenvalue weighted by Crippen LogP contribution is -2.40. The summed E-state index contributed by atoms with van der Waals surface area (Å²) < 4.78 is 5.25. The van der Waals surface area contributed by atoms with Crippen molar-refractivity contribution in [2.75, 3.05) is 0 Å². The van der Waals surface area contributed by atoms with Crippen molar-refractivity contribution in [3.8, 4) is 0 Å². The Kier molecular flexibility index (Phi) is 4.87. The number of carbonyl (C=O) groups excluding carboxylic acids is 1. The predicted molar refractivity (Wildman–Crippen MR) is 69.7 cm³/mol. The molecule has 0 spiro atoms. The third-order valence-corrected chi connectivity index (χ3v) is 2.42. The van der Waals surface area contributed by atoms with E-state index in [-0.39, 0.29) is 0 Å². The molecule has 2 atom stereocenters. The highest BCUT2D eigenvalue weighted by atomic mass is 16.6. The monoisotopic (exact) mass is 251 g/mol. The van der Waals surface area contributed by atoms with Gasteiger partial charge in [-0.15, -0.1) is 0 Å². The maximum atomic E-state index is 11.9. The Bertz CT molecular complexity index is 382. The van der Waals surface area contributed by atoms with Crippen molar-refractivity contribution in [3.63, 3.8) is 0 Å². The molecule has 1 aromatic carbocycles. The maximum absolute atomic E-state index is 11.9. The standard InChI is InChI=1S/C14H21NO3/c1-14(2,3)18-13(17)11(12(15)16)9-10-7-5-4-6-8-10/h4-8,11-12,16H,9,15H2,1-3H3. The molecule has 4 nitrogen and oxygen atoms in total. The van der Waals surface area contributed by atoms with Crippen molar-refractivity contribution < 1.29 is 14.6 Å². The van der Waals surface area contributed by atoms with Crippen molar-refractivity contribution in [1.29, 1.82) is 0 Å². The van der Waals surface area contributed by atoms with Crippen LogP contribution < -0.4 is 5.73 Å². The van der Waals surface area contributed by atoms with Gasteiger partial charge >= 0.3 is 5.97 Å². The quantitative estimate of drug-likeness (QED) is 0.628. The van der Waals surface area contributed by atoms with E-state index in [0.29, 0.717) is 6.42 Å². The van der Waals surface area contributed by atoms with Crippen molar-refractivity contribution in [1.82, 2.24) is 0 Å². The fraction of sp³-hybridized carbons (Fsp3) is 0.500. The molecule has 2 unspecified atom stereocenters. The Morgan fingerprint density at radius 3 is 2.33 bits per heavy atom. The summed E-state index contributed by atoms with van der Waals surface area (Å²) in [6.07, 6.45) is -0.854. The first-order chi connectivity index (χ1) is 8.29. The van der Waals surface area contributed by atoms with Crippen LogP contribution >= 0.6 is 0 Å². The molecule has 0 aliphatic carbocycles. The van der Waals surface area contributed by atoms with Gasteiger partial charge in [0.2, 0.25) is 0 Å². The van der Waals surface area contributed by atoms with Crippen LogP contribution in [-0.4, -0.2) is 22.9 Å². The van der Waals surface area contributed by atoms with Crippen LogP contribution in [0.4, 0.5) is 0 Å². The molecule has 100 valence electrons. The average Bonchev–Trinajstić information content (AvgIpc) is 2.24. The highest BCUT2D eigenvalue weighted by Gasteiger charge is 2.29. The minimum absolute atomic E-state index is 0.368. The minimum atomic E-state index is -1.22. The van der Waals surface area contributed by atoms with Crippen molar-refractivity contribution >= 4 is 5.97 Å². The van der Waals surface area contributed by atoms with E-state index in [1.165, 1.54) is 0 Å². The van der Waals surface area contributed by atoms with E-state index in [4.69, 9.17) is 10.5 Å². The summed E-state index contributed by atoms with van der Waals surface area (Å²) in [7, 11) is 0. The zero-order valence-electron chi connectivity index (χ0n) is 11.1. The second kappa shape index (κ2) is 5.98. The number of esters is 1. The Morgan fingerprint density at radius 1 is 1.33 bits per heavy atom. The summed E-state index contributed by atoms with van der Waals surface area (Å²) in [4.78, 5) is 11.9. The second-order valence-corrected chi connectivity index (χ2v) is 5.32. The van der Waals surface area contributed by atoms with Crippen molar-refractivity contribution in [2.24, 2.45) is 11.7 Å². The van der Waals surface area contributed by atoms with Crippen LogP contribution in [-0.2, 0) is 16.0 Å². The lowest BCUT2D eigenvalue weighted by molar-refractivity contribution is -0.163. The van der Waals surface area contributed by atoms with Gasteiger partial charge in [0.25, 0.3) is 0 Å². The van der Waals surface area contributed by atoms with Crippen LogP contribution in [0.2, 0.25) is 0 Å². The molecule has 0 bridgehead atoms. The molecule has 1 rings (SSSR count). The number of carbonyl (C=O) groups is 1. The topological polar surface area (TPSA) is 72.5 Å². The van der Waals surface area contributed by atoms with E-state index < -0.39 is 23.7 Å². The smallest absolute Gasteiger partial charge is 0.313 e. The minimum Gasteiger partial charge on any atom is -0.460 e. The summed E-state index contributed by atoms with van der Waals surface area (Å²) in [6.45, 7) is 5.36. The van der Waals surface area contributed by atoms with Crippen LogP contribution in [0, 0.1) is 5.92 Å². The van der Waals surface area contributed by atoms with Gasteiger partial charge in [-0.2, -0.15) is 0 Å². The van der Waals surface area contributed by atoms with Gasteiger partial charge < -0.3 is 15.6 Å². The summed E-state index contributed by atoms with van der Waals surface area (Å²) in [5, 5.41) is 9.52. The molecule has 0 saturated heterocycles. The lowest BCUT2D eigenvalue weighted by Gasteiger charge is -2.25. The van der Waals surface area contributed by atoms with Gasteiger partial charge in [-0.1, -0.05) is 30.3 Å². The number of hydrogen-bond acceptors (Lipinski definition) is 4. The summed E-state index contributed by atoms with van der Waals surface area (Å²) >= 11 is 0. The molecule has 0 saturated carbocycles. The molecule has 0 aliphatic rings. The largest absolute Gasteiger partial charge is 0.460 e. The van der Waals surface area contributed by atoms with Crippen LogP contribution in [0.5, 0.6) is 0 Å². The van der Waals surface area contributed by atoms with Gasteiger partial charge in [0, 0.05) is 0 Å². The molecule has 0 heterocycles. The molecule has 0 aromatic heterocycles. The molecule has 3 N–H and O–H groups in total. The van der Waals surface area contributed by atoms with Gasteiger partial charge in [0.15, 0.2) is 0 Å². The van der Waals surface area contributed by atoms with Crippen LogP contribution in [0.1, 0.15) is 26.3 Å². The maximum Gasteiger partial charge on any atom is 0.313 e. The van der Waals surface area contributed by atoms with Gasteiger partial charge in [-0.3, -0.25) is 4.79 Å². The fourth-order valence-electron chi connectivity index (χ4n) is 1.59. The zero-order chi connectivity index (χ0) is 13.8. The first kappa shape index (κ1) is 14.7. The molecule has 0 aliphatic heterocycles. The first-order valence-corrected chi connectivity index (χ1v) is 6.00. The van der Waals surface area contributed by atoms with E-state index in [2.05, 4.69) is 0 Å². The Hall–Kier alpha value is -1.39. The number of hydrogen-bond donors (Lipinski definition) is 2. The van der Waals surface area contributed by atoms with Crippen molar-refractivity contribution in [3.05, 3.63) is 35.9 Å². The molecule has 18 heavy (non-hydrogen) atoms. The predicted octanol–water partition coefficient (Wildman–Crippen LogP) is 1.46. The van der Waals surface area contributed by atoms with E-state index in [0.717, 1.165) is 5.56 Å². The zero-order valence-corrected chi connectivity index (χ0v) is 11.1. The van der Waals surface area contributed by atoms with Crippen molar-refractivity contribution in [2.45, 2.75) is 39.0 Å². The molecule has 1 aromatic rings. The van der Waals surface area contributed by atoms with E-state index in [9.17, 15) is 9.90 Å². The molecular weight excluding hydrogens is 230 g/mol. The molecule has 0 amide bonds. The summed E-state index contributed by atoms with van der Waals surface area (Å²) in [6, 6.07) is 9.43. The highest BCUT2D eigenvalue weighted by Crippen LogP contribution is 2.16. The van der Waals surface area contributed by atoms with E-state index >= 15 is 0 Å². The number of aliphatic hydroxyl groups excluding tert-OH is 1. The second-order valence-electron chi connectivity index (χ2n) is 5.32. The SMILES string of the molecule is CC(C)(C)OC(=O)C(Cc1ccccc1)C(N)O. The Balaban J connectivity index is 2.75. The number of ether oxygens (including phenoxy) is 1. The third kappa shape index (κ3) is 4.85. The van der Waals surface area contributed by atoms with E-state index in [1.807, 2.05) is 30.3 Å². The fourth-order valence-corrected chi connectivity index (χ4v) is 1.59. The highest BCUT2D eigenvalue weighted by molar-refractivity contribution is 5.73. The molecule has 4 heteroatoms. The first-order valence-electron chi connectivity index (χ1n) is 6.00. The molecule has 0 radical (unpaired) electrons. The van der Waals surface area contributed by atoms with Gasteiger partial charge in [0.1, 0.15) is 11.8 Å². The number of nitrogens with two attached hydrogens (primary N) is 1. The average molecular weight is 251 g/mol. The number of aliphatic hydroxyl groups is 1. The van der Waals surface area contributed by atoms with E-state index in [1.54, 1.807) is 20.8 Å². The summed E-state index contributed by atoms with van der Waals surface area (Å²) in [5.74, 6) is -1.21. The third-order valence-electron chi connectivity index (χ3n) is 2.42. The van der Waals surface area contributed by atoms with Gasteiger partial charge in [0.05, 0.1) is 5.92 Å². The van der Waals surface area contributed by atoms with Crippen LogP contribution in [0.15, 0.2) is 30.3 Å². The molecule has 0 fully saturated rings. The lowest BCUT2D eigenvalue weighted by atomic mass is 9.97. The van der Waals surface area contributed by atoms with Crippen LogP contribution in [0.3, 0.4) is 0 Å². The van der Waals surface area contributed by atoms with Gasteiger partial charge in [-0.05, 0) is 32.8 Å². The number of rotatable bonds is 4. The molecular formula is C14H21NO3.